The van der Waals surface area contributed by atoms with Crippen LogP contribution < -0.4 is 25.6 Å². The average Bonchev–Trinajstić information content (AvgIpc) is 3.55. The van der Waals surface area contributed by atoms with Gasteiger partial charge in [0.15, 0.2) is 0 Å². The number of likely N-dealkylation sites (N-methyl/N-ethyl adjacent to an activating group) is 1. The molecule has 0 radical (unpaired) electrons. The zero-order chi connectivity index (χ0) is 28.5. The number of carbonyl (C=O) groups excluding carboxylic acids is 3. The third-order valence-electron chi connectivity index (χ3n) is 7.16. The van der Waals surface area contributed by atoms with Crippen LogP contribution in [-0.2, 0) is 30.1 Å². The Labute approximate surface area is 236 Å². The van der Waals surface area contributed by atoms with E-state index in [1.807, 2.05) is 18.2 Å². The number of nitrogens with zero attached hydrogens (tertiary/aromatic N) is 2. The molecule has 2 fully saturated rings. The maximum atomic E-state index is 12.1. The lowest BCUT2D eigenvalue weighted by molar-refractivity contribution is -0.145. The van der Waals surface area contributed by atoms with Gasteiger partial charge < -0.3 is 29.3 Å². The minimum absolute atomic E-state index is 0.00611. The standard InChI is InChI=1S/C29H28BN3O8/c1-32-16-27(34)40-30(41-28(35)17-32)18-5-7-19(8-6-18)38-26-12-10-22-21(26)3-2-4-25(22)39-20-9-11-23(31)24(15-20)33-13-14-37-29(33)36/h2-9,11,15,26H,10,12-14,16-17,31H2,1H3/t26-/m1/s1. The topological polar surface area (TPSA) is 130 Å². The molecule has 3 aliphatic rings. The minimum Gasteiger partial charge on any atom is -0.494 e. The molecule has 11 nitrogen and oxygen atoms in total. The monoisotopic (exact) mass is 557 g/mol. The molecule has 2 heterocycles. The Hall–Kier alpha value is -4.71. The quantitative estimate of drug-likeness (QED) is 0.357. The number of hydrogen-bond acceptors (Lipinski definition) is 10. The van der Waals surface area contributed by atoms with Crippen LogP contribution in [0.4, 0.5) is 16.2 Å². The van der Waals surface area contributed by atoms with Gasteiger partial charge in [0.05, 0.1) is 31.0 Å². The summed E-state index contributed by atoms with van der Waals surface area (Å²) in [4.78, 5) is 39.2. The number of rotatable bonds is 6. The number of hydrogen-bond donors (Lipinski definition) is 1. The number of fused-ring (bicyclic) bond motifs is 1. The van der Waals surface area contributed by atoms with Gasteiger partial charge in [-0.2, -0.15) is 0 Å². The van der Waals surface area contributed by atoms with Crippen LogP contribution in [0.5, 0.6) is 17.2 Å². The Bertz CT molecular complexity index is 1480. The number of nitrogen functional groups attached to an aromatic ring is 1. The second kappa shape index (κ2) is 11.0. The van der Waals surface area contributed by atoms with Crippen LogP contribution in [0, 0.1) is 0 Å². The Morgan fingerprint density at radius 2 is 1.68 bits per heavy atom. The molecule has 0 bridgehead atoms. The molecule has 1 aliphatic carbocycles. The van der Waals surface area contributed by atoms with Crippen LogP contribution >= 0.6 is 0 Å². The third-order valence-corrected chi connectivity index (χ3v) is 7.16. The van der Waals surface area contributed by atoms with E-state index >= 15 is 0 Å². The summed E-state index contributed by atoms with van der Waals surface area (Å²) < 4.78 is 28.3. The Morgan fingerprint density at radius 1 is 0.951 bits per heavy atom. The normalized spacial score (nSPS) is 19.1. The fraction of sp³-hybridized carbons (Fsp3) is 0.276. The SMILES string of the molecule is CN1CC(=O)OB(c2ccc(O[C@@H]3CCc4c(Oc5ccc(N)c(N6CCOC6=O)c5)cccc43)cc2)OC(=O)C1. The van der Waals surface area contributed by atoms with Crippen molar-refractivity contribution in [2.24, 2.45) is 0 Å². The highest BCUT2D eigenvalue weighted by molar-refractivity contribution is 6.64. The fourth-order valence-corrected chi connectivity index (χ4v) is 5.20. The number of benzene rings is 3. The third kappa shape index (κ3) is 5.64. The smallest absolute Gasteiger partial charge is 0.494 e. The van der Waals surface area contributed by atoms with Crippen molar-refractivity contribution in [1.29, 1.82) is 0 Å². The first-order valence-electron chi connectivity index (χ1n) is 13.3. The summed E-state index contributed by atoms with van der Waals surface area (Å²) in [5, 5.41) is 0. The van der Waals surface area contributed by atoms with Crippen molar-refractivity contribution in [1.82, 2.24) is 4.90 Å². The number of ether oxygens (including phenoxy) is 3. The van der Waals surface area contributed by atoms with E-state index in [0.717, 1.165) is 24.0 Å². The first-order valence-corrected chi connectivity index (χ1v) is 13.3. The van der Waals surface area contributed by atoms with Crippen molar-refractivity contribution in [2.75, 3.05) is 43.9 Å². The second-order valence-corrected chi connectivity index (χ2v) is 10.1. The Balaban J connectivity index is 1.15. The molecule has 0 unspecified atom stereocenters. The number of carbonyl (C=O) groups is 3. The van der Waals surface area contributed by atoms with Gasteiger partial charge in [-0.05, 0) is 55.8 Å². The van der Waals surface area contributed by atoms with Crippen LogP contribution in [0.3, 0.4) is 0 Å². The number of anilines is 2. The van der Waals surface area contributed by atoms with Crippen molar-refractivity contribution in [2.45, 2.75) is 18.9 Å². The molecular formula is C29H28BN3O8. The second-order valence-electron chi connectivity index (χ2n) is 10.1. The van der Waals surface area contributed by atoms with Crippen LogP contribution in [0.25, 0.3) is 0 Å². The van der Waals surface area contributed by atoms with Gasteiger partial charge in [0.2, 0.25) is 0 Å². The molecule has 1 amide bonds. The van der Waals surface area contributed by atoms with Gasteiger partial charge in [-0.15, -0.1) is 0 Å². The molecule has 3 aromatic rings. The van der Waals surface area contributed by atoms with Crippen LogP contribution in [0.1, 0.15) is 23.7 Å². The van der Waals surface area contributed by atoms with Gasteiger partial charge >= 0.3 is 25.2 Å². The van der Waals surface area contributed by atoms with E-state index in [1.165, 1.54) is 9.80 Å². The van der Waals surface area contributed by atoms with Crippen molar-refractivity contribution in [3.05, 3.63) is 71.8 Å². The summed E-state index contributed by atoms with van der Waals surface area (Å²) in [7, 11) is 0.544. The predicted molar refractivity (Wildman–Crippen MR) is 149 cm³/mol. The first kappa shape index (κ1) is 26.5. The first-order chi connectivity index (χ1) is 19.8. The van der Waals surface area contributed by atoms with E-state index in [-0.39, 0.29) is 19.2 Å². The Morgan fingerprint density at radius 3 is 2.39 bits per heavy atom. The maximum absolute atomic E-state index is 12.1. The van der Waals surface area contributed by atoms with Gasteiger partial charge in [0.25, 0.3) is 0 Å². The molecule has 2 N–H and O–H groups in total. The molecule has 6 rings (SSSR count). The molecule has 41 heavy (non-hydrogen) atoms. The summed E-state index contributed by atoms with van der Waals surface area (Å²) in [6, 6.07) is 18.0. The summed E-state index contributed by atoms with van der Waals surface area (Å²) in [6.07, 6.45) is 0.905. The molecular weight excluding hydrogens is 529 g/mol. The van der Waals surface area contributed by atoms with Crippen molar-refractivity contribution in [3.63, 3.8) is 0 Å². The highest BCUT2D eigenvalue weighted by Crippen LogP contribution is 2.41. The van der Waals surface area contributed by atoms with E-state index in [1.54, 1.807) is 49.5 Å². The summed E-state index contributed by atoms with van der Waals surface area (Å²) in [5.41, 5.74) is 9.75. The lowest BCUT2D eigenvalue weighted by Gasteiger charge is -2.22. The number of cyclic esters (lactones) is 1. The van der Waals surface area contributed by atoms with Gasteiger partial charge in [-0.3, -0.25) is 19.4 Å². The van der Waals surface area contributed by atoms with Gasteiger partial charge in [0.1, 0.15) is 30.0 Å². The molecule has 1 atom stereocenters. The Kier molecular flexibility index (Phi) is 7.15. The lowest BCUT2D eigenvalue weighted by Crippen LogP contribution is -2.47. The maximum Gasteiger partial charge on any atom is 0.636 e. The van der Waals surface area contributed by atoms with Crippen LogP contribution in [0.2, 0.25) is 0 Å². The van der Waals surface area contributed by atoms with E-state index in [2.05, 4.69) is 0 Å². The van der Waals surface area contributed by atoms with E-state index < -0.39 is 25.2 Å². The van der Waals surface area contributed by atoms with E-state index in [4.69, 9.17) is 29.3 Å². The van der Waals surface area contributed by atoms with Crippen LogP contribution in [-0.4, -0.2) is 63.3 Å². The predicted octanol–water partition coefficient (Wildman–Crippen LogP) is 2.81. The molecule has 12 heteroatoms. The molecule has 3 aromatic carbocycles. The summed E-state index contributed by atoms with van der Waals surface area (Å²) >= 11 is 0. The van der Waals surface area contributed by atoms with Crippen molar-refractivity contribution in [3.8, 4) is 17.2 Å². The van der Waals surface area contributed by atoms with Crippen molar-refractivity contribution < 1.29 is 37.9 Å². The fourth-order valence-electron chi connectivity index (χ4n) is 5.20. The highest BCUT2D eigenvalue weighted by Gasteiger charge is 2.34. The molecule has 0 spiro atoms. The molecule has 0 saturated carbocycles. The van der Waals surface area contributed by atoms with Crippen molar-refractivity contribution >= 4 is 42.0 Å². The van der Waals surface area contributed by atoms with Crippen LogP contribution in [0.15, 0.2) is 60.7 Å². The van der Waals surface area contributed by atoms with E-state index in [0.29, 0.717) is 47.2 Å². The summed E-state index contributed by atoms with van der Waals surface area (Å²) in [6.45, 7) is 0.763. The minimum atomic E-state index is -1.10. The zero-order valence-electron chi connectivity index (χ0n) is 22.4. The highest BCUT2D eigenvalue weighted by atomic mass is 16.6. The lowest BCUT2D eigenvalue weighted by atomic mass is 9.78. The number of nitrogens with two attached hydrogens (primary N) is 1. The largest absolute Gasteiger partial charge is 0.636 e. The molecule has 2 aliphatic heterocycles. The number of amides is 1. The van der Waals surface area contributed by atoms with Gasteiger partial charge in [0, 0.05) is 17.1 Å². The van der Waals surface area contributed by atoms with Gasteiger partial charge in [-0.25, -0.2) is 4.79 Å². The zero-order valence-corrected chi connectivity index (χ0v) is 22.4. The van der Waals surface area contributed by atoms with E-state index in [9.17, 15) is 14.4 Å². The summed E-state index contributed by atoms with van der Waals surface area (Å²) in [5.74, 6) is 0.952. The van der Waals surface area contributed by atoms with Gasteiger partial charge in [-0.1, -0.05) is 24.3 Å². The molecule has 0 aromatic heterocycles. The molecule has 210 valence electrons. The average molecular weight is 557 g/mol. The molecule has 2 saturated heterocycles.